The standard InChI is InChI=1S/C23H30O2/c1-22(2,3)19-18-14-16(21(25-18)20(19)23(4,5)6)11-8-15-9-12-17(24-7)13-10-15/h9-10,12-13,16,18,21H,14H2,1-7H3. The largest absolute Gasteiger partial charge is 0.497 e. The van der Waals surface area contributed by atoms with E-state index in [0.29, 0.717) is 0 Å². The Balaban J connectivity index is 1.89. The van der Waals surface area contributed by atoms with Gasteiger partial charge in [0.1, 0.15) is 5.75 Å². The highest BCUT2D eigenvalue weighted by atomic mass is 16.5. The number of hydrogen-bond donors (Lipinski definition) is 0. The molecule has 2 bridgehead atoms. The molecule has 0 aliphatic carbocycles. The van der Waals surface area contributed by atoms with Crippen molar-refractivity contribution >= 4 is 0 Å². The summed E-state index contributed by atoms with van der Waals surface area (Å²) in [6.45, 7) is 13.8. The average molecular weight is 338 g/mol. The zero-order valence-electron chi connectivity index (χ0n) is 16.6. The van der Waals surface area contributed by atoms with Crippen molar-refractivity contribution in [3.8, 4) is 17.6 Å². The Kier molecular flexibility index (Phi) is 4.50. The molecule has 0 spiro atoms. The molecule has 1 fully saturated rings. The fourth-order valence-electron chi connectivity index (χ4n) is 4.17. The number of hydrogen-bond acceptors (Lipinski definition) is 2. The lowest BCUT2D eigenvalue weighted by Gasteiger charge is -2.35. The van der Waals surface area contributed by atoms with Gasteiger partial charge in [0.15, 0.2) is 0 Å². The fourth-order valence-corrected chi connectivity index (χ4v) is 4.17. The maximum absolute atomic E-state index is 6.39. The molecule has 2 nitrogen and oxygen atoms in total. The highest BCUT2D eigenvalue weighted by Gasteiger charge is 2.51. The summed E-state index contributed by atoms with van der Waals surface area (Å²) in [7, 11) is 1.68. The van der Waals surface area contributed by atoms with Crippen molar-refractivity contribution in [1.29, 1.82) is 0 Å². The zero-order chi connectivity index (χ0) is 18.4. The highest BCUT2D eigenvalue weighted by molar-refractivity contribution is 5.43. The van der Waals surface area contributed by atoms with Crippen LogP contribution in [0.5, 0.6) is 5.75 Å². The van der Waals surface area contributed by atoms with Crippen LogP contribution < -0.4 is 4.74 Å². The summed E-state index contributed by atoms with van der Waals surface area (Å²) in [5.74, 6) is 7.98. The van der Waals surface area contributed by atoms with Crippen LogP contribution in [0.3, 0.4) is 0 Å². The molecule has 2 heterocycles. The van der Waals surface area contributed by atoms with Crippen molar-refractivity contribution in [2.24, 2.45) is 16.7 Å². The van der Waals surface area contributed by atoms with Gasteiger partial charge < -0.3 is 9.47 Å². The molecule has 134 valence electrons. The monoisotopic (exact) mass is 338 g/mol. The predicted molar refractivity (Wildman–Crippen MR) is 103 cm³/mol. The lowest BCUT2D eigenvalue weighted by Crippen LogP contribution is -2.31. The third-order valence-electron chi connectivity index (χ3n) is 5.15. The third-order valence-corrected chi connectivity index (χ3v) is 5.15. The molecule has 3 unspecified atom stereocenters. The molecule has 2 aliphatic heterocycles. The molecule has 25 heavy (non-hydrogen) atoms. The van der Waals surface area contributed by atoms with Gasteiger partial charge in [-0.3, -0.25) is 0 Å². The summed E-state index contributed by atoms with van der Waals surface area (Å²) >= 11 is 0. The first-order chi connectivity index (χ1) is 11.6. The van der Waals surface area contributed by atoms with Crippen LogP contribution in [0.2, 0.25) is 0 Å². The molecule has 2 heteroatoms. The van der Waals surface area contributed by atoms with Crippen LogP contribution in [0.4, 0.5) is 0 Å². The minimum Gasteiger partial charge on any atom is -0.497 e. The van der Waals surface area contributed by atoms with Crippen molar-refractivity contribution in [3.63, 3.8) is 0 Å². The van der Waals surface area contributed by atoms with Crippen LogP contribution in [0.25, 0.3) is 0 Å². The Morgan fingerprint density at radius 2 is 1.56 bits per heavy atom. The average Bonchev–Trinajstić information content (AvgIpc) is 3.10. The Labute approximate surface area is 152 Å². The van der Waals surface area contributed by atoms with Crippen LogP contribution >= 0.6 is 0 Å². The van der Waals surface area contributed by atoms with Gasteiger partial charge in [-0.25, -0.2) is 0 Å². The van der Waals surface area contributed by atoms with Crippen molar-refractivity contribution in [1.82, 2.24) is 0 Å². The molecular formula is C23H30O2. The van der Waals surface area contributed by atoms with Crippen LogP contribution in [-0.2, 0) is 4.74 Å². The lowest BCUT2D eigenvalue weighted by atomic mass is 9.67. The molecule has 1 aromatic rings. The maximum Gasteiger partial charge on any atom is 0.118 e. The van der Waals surface area contributed by atoms with Crippen LogP contribution in [0.1, 0.15) is 53.5 Å². The molecule has 3 atom stereocenters. The molecule has 1 aromatic carbocycles. The summed E-state index contributed by atoms with van der Waals surface area (Å²) in [4.78, 5) is 0. The second-order valence-corrected chi connectivity index (χ2v) is 9.21. The van der Waals surface area contributed by atoms with E-state index in [2.05, 4.69) is 53.4 Å². The summed E-state index contributed by atoms with van der Waals surface area (Å²) < 4.78 is 11.6. The second kappa shape index (κ2) is 6.22. The van der Waals surface area contributed by atoms with Crippen molar-refractivity contribution in [2.45, 2.75) is 60.2 Å². The SMILES string of the molecule is COc1ccc(C#CC2CC3OC2C(C(C)(C)C)=C3C(C)(C)C)cc1. The number of benzene rings is 1. The minimum atomic E-state index is 0.114. The van der Waals surface area contributed by atoms with E-state index in [9.17, 15) is 0 Å². The van der Waals surface area contributed by atoms with E-state index in [0.717, 1.165) is 17.7 Å². The topological polar surface area (TPSA) is 18.5 Å². The van der Waals surface area contributed by atoms with E-state index in [1.54, 1.807) is 7.11 Å². The smallest absolute Gasteiger partial charge is 0.118 e. The quantitative estimate of drug-likeness (QED) is 0.516. The molecule has 0 saturated carbocycles. The number of rotatable bonds is 1. The molecule has 0 N–H and O–H groups in total. The minimum absolute atomic E-state index is 0.114. The Morgan fingerprint density at radius 3 is 2.08 bits per heavy atom. The fraction of sp³-hybridized carbons (Fsp3) is 0.565. The van der Waals surface area contributed by atoms with E-state index in [1.807, 2.05) is 24.3 Å². The van der Waals surface area contributed by atoms with Gasteiger partial charge in [-0.05, 0) is 52.7 Å². The summed E-state index contributed by atoms with van der Waals surface area (Å²) in [5, 5.41) is 0. The first-order valence-corrected chi connectivity index (χ1v) is 9.17. The van der Waals surface area contributed by atoms with Crippen molar-refractivity contribution < 1.29 is 9.47 Å². The van der Waals surface area contributed by atoms with Crippen molar-refractivity contribution in [3.05, 3.63) is 41.0 Å². The molecule has 0 radical (unpaired) electrons. The predicted octanol–water partition coefficient (Wildman–Crippen LogP) is 5.22. The first-order valence-electron chi connectivity index (χ1n) is 9.17. The number of methoxy groups -OCH3 is 1. The summed E-state index contributed by atoms with van der Waals surface area (Å²) in [5.41, 5.74) is 4.28. The third kappa shape index (κ3) is 3.48. The highest BCUT2D eigenvalue weighted by Crippen LogP contribution is 2.54. The summed E-state index contributed by atoms with van der Waals surface area (Å²) in [6, 6.07) is 7.95. The van der Waals surface area contributed by atoms with Crippen LogP contribution in [-0.4, -0.2) is 19.3 Å². The lowest BCUT2D eigenvalue weighted by molar-refractivity contribution is 0.0934. The molecular weight excluding hydrogens is 308 g/mol. The van der Waals surface area contributed by atoms with Gasteiger partial charge >= 0.3 is 0 Å². The van der Waals surface area contributed by atoms with Gasteiger partial charge in [-0.1, -0.05) is 53.4 Å². The normalized spacial score (nSPS) is 25.8. The van der Waals surface area contributed by atoms with E-state index < -0.39 is 0 Å². The second-order valence-electron chi connectivity index (χ2n) is 9.21. The summed E-state index contributed by atoms with van der Waals surface area (Å²) in [6.07, 6.45) is 1.39. The Hall–Kier alpha value is -1.72. The van der Waals surface area contributed by atoms with Gasteiger partial charge in [-0.2, -0.15) is 0 Å². The molecule has 3 rings (SSSR count). The molecule has 2 aliphatic rings. The molecule has 0 amide bonds. The zero-order valence-corrected chi connectivity index (χ0v) is 16.6. The van der Waals surface area contributed by atoms with Gasteiger partial charge in [0.25, 0.3) is 0 Å². The molecule has 0 aromatic heterocycles. The van der Waals surface area contributed by atoms with E-state index in [1.165, 1.54) is 11.1 Å². The molecule has 1 saturated heterocycles. The van der Waals surface area contributed by atoms with Gasteiger partial charge in [0, 0.05) is 5.56 Å². The Morgan fingerprint density at radius 1 is 0.960 bits per heavy atom. The van der Waals surface area contributed by atoms with E-state index in [4.69, 9.17) is 9.47 Å². The number of ether oxygens (including phenoxy) is 2. The maximum atomic E-state index is 6.39. The van der Waals surface area contributed by atoms with Gasteiger partial charge in [0.2, 0.25) is 0 Å². The number of fused-ring (bicyclic) bond motifs is 2. The van der Waals surface area contributed by atoms with E-state index in [-0.39, 0.29) is 29.0 Å². The van der Waals surface area contributed by atoms with Gasteiger partial charge in [-0.15, -0.1) is 0 Å². The first kappa shape index (κ1) is 18.1. The Bertz CT molecular complexity index is 730. The van der Waals surface area contributed by atoms with Crippen LogP contribution in [0.15, 0.2) is 35.4 Å². The van der Waals surface area contributed by atoms with Crippen LogP contribution in [0, 0.1) is 28.6 Å². The van der Waals surface area contributed by atoms with Crippen molar-refractivity contribution in [2.75, 3.05) is 7.11 Å². The van der Waals surface area contributed by atoms with Gasteiger partial charge in [0.05, 0.1) is 25.2 Å². The van der Waals surface area contributed by atoms with E-state index >= 15 is 0 Å².